The van der Waals surface area contributed by atoms with Gasteiger partial charge in [0.05, 0.1) is 24.2 Å². The van der Waals surface area contributed by atoms with E-state index in [0.29, 0.717) is 11.4 Å². The number of nitrogens with zero attached hydrogens (tertiary/aromatic N) is 2. The molecule has 2 aromatic carbocycles. The van der Waals surface area contributed by atoms with Gasteiger partial charge in [0, 0.05) is 18.2 Å². The van der Waals surface area contributed by atoms with Crippen LogP contribution < -0.4 is 15.0 Å². The van der Waals surface area contributed by atoms with Crippen molar-refractivity contribution in [3.05, 3.63) is 76.3 Å². The Hall–Kier alpha value is -3.04. The summed E-state index contributed by atoms with van der Waals surface area (Å²) in [4.78, 5) is 12.0. The van der Waals surface area contributed by atoms with Crippen molar-refractivity contribution in [2.45, 2.75) is 18.4 Å². The van der Waals surface area contributed by atoms with Crippen LogP contribution >= 0.6 is 0 Å². The van der Waals surface area contributed by atoms with E-state index in [9.17, 15) is 17.6 Å². The Morgan fingerprint density at radius 1 is 1.10 bits per heavy atom. The molecule has 0 fully saturated rings. The molecule has 0 bridgehead atoms. The van der Waals surface area contributed by atoms with Gasteiger partial charge < -0.3 is 4.74 Å². The summed E-state index contributed by atoms with van der Waals surface area (Å²) >= 11 is 0. The molecule has 1 N–H and O–H groups in total. The summed E-state index contributed by atoms with van der Waals surface area (Å²) in [7, 11) is -2.26. The maximum Gasteiger partial charge on any atom is 0.266 e. The van der Waals surface area contributed by atoms with E-state index in [0.717, 1.165) is 11.6 Å². The van der Waals surface area contributed by atoms with Gasteiger partial charge in [-0.3, -0.25) is 4.79 Å². The molecule has 0 saturated heterocycles. The molecule has 0 aliphatic rings. The van der Waals surface area contributed by atoms with Crippen LogP contribution in [0.1, 0.15) is 5.56 Å². The summed E-state index contributed by atoms with van der Waals surface area (Å²) in [5.41, 5.74) is 1.25. The van der Waals surface area contributed by atoms with E-state index >= 15 is 0 Å². The molecule has 152 valence electrons. The van der Waals surface area contributed by atoms with E-state index in [1.54, 1.807) is 25.3 Å². The average Bonchev–Trinajstić information content (AvgIpc) is 2.71. The summed E-state index contributed by atoms with van der Waals surface area (Å²) in [6.45, 7) is 1.49. The lowest BCUT2D eigenvalue weighted by molar-refractivity contribution is 0.415. The number of hydrogen-bond acceptors (Lipinski definition) is 5. The lowest BCUT2D eigenvalue weighted by Crippen LogP contribution is -2.32. The Morgan fingerprint density at radius 2 is 1.83 bits per heavy atom. The number of benzene rings is 2. The van der Waals surface area contributed by atoms with Crippen LogP contribution in [0.15, 0.2) is 64.3 Å². The summed E-state index contributed by atoms with van der Waals surface area (Å²) < 4.78 is 46.8. The minimum Gasteiger partial charge on any atom is -0.497 e. The third-order valence-corrected chi connectivity index (χ3v) is 5.77. The number of rotatable bonds is 7. The van der Waals surface area contributed by atoms with Crippen molar-refractivity contribution in [3.8, 4) is 17.0 Å². The number of methoxy groups -OCH3 is 1. The predicted molar refractivity (Wildman–Crippen MR) is 107 cm³/mol. The highest BCUT2D eigenvalue weighted by atomic mass is 32.2. The van der Waals surface area contributed by atoms with Crippen LogP contribution in [-0.4, -0.2) is 31.9 Å². The molecule has 0 aliphatic carbocycles. The number of aryl methyl sites for hydroxylation is 1. The van der Waals surface area contributed by atoms with Crippen LogP contribution in [0.4, 0.5) is 4.39 Å². The fourth-order valence-electron chi connectivity index (χ4n) is 2.68. The summed E-state index contributed by atoms with van der Waals surface area (Å²) in [5, 5.41) is 4.29. The molecule has 9 heteroatoms. The van der Waals surface area contributed by atoms with E-state index in [4.69, 9.17) is 4.74 Å². The number of nitrogens with one attached hydrogen (secondary N) is 1. The fourth-order valence-corrected chi connectivity index (χ4v) is 3.78. The molecule has 0 saturated carbocycles. The molecule has 0 radical (unpaired) electrons. The van der Waals surface area contributed by atoms with E-state index in [1.807, 2.05) is 12.1 Å². The lowest BCUT2D eigenvalue weighted by Gasteiger charge is -2.10. The topological polar surface area (TPSA) is 90.3 Å². The van der Waals surface area contributed by atoms with E-state index in [1.165, 1.54) is 29.8 Å². The Kier molecular flexibility index (Phi) is 6.09. The molecular formula is C20H20FN3O4S. The maximum atomic E-state index is 13.4. The number of aromatic nitrogens is 2. The van der Waals surface area contributed by atoms with Crippen molar-refractivity contribution in [1.29, 1.82) is 0 Å². The van der Waals surface area contributed by atoms with Crippen LogP contribution in [0.3, 0.4) is 0 Å². The first-order valence-corrected chi connectivity index (χ1v) is 10.3. The van der Waals surface area contributed by atoms with Crippen LogP contribution in [0.25, 0.3) is 11.3 Å². The quantitative estimate of drug-likeness (QED) is 0.637. The second kappa shape index (κ2) is 8.54. The van der Waals surface area contributed by atoms with Gasteiger partial charge in [-0.15, -0.1) is 0 Å². The molecule has 0 spiro atoms. The molecule has 29 heavy (non-hydrogen) atoms. The van der Waals surface area contributed by atoms with Crippen molar-refractivity contribution in [2.24, 2.45) is 0 Å². The zero-order valence-electron chi connectivity index (χ0n) is 15.9. The van der Waals surface area contributed by atoms with Gasteiger partial charge in [-0.1, -0.05) is 0 Å². The molecule has 3 aromatic rings. The molecule has 1 aromatic heterocycles. The fraction of sp³-hybridized carbons (Fsp3) is 0.200. The third-order valence-electron chi connectivity index (χ3n) is 4.31. The van der Waals surface area contributed by atoms with Gasteiger partial charge in [0.15, 0.2) is 0 Å². The molecular weight excluding hydrogens is 397 g/mol. The summed E-state index contributed by atoms with van der Waals surface area (Å²) in [5.74, 6) is 0.225. The van der Waals surface area contributed by atoms with E-state index in [2.05, 4.69) is 9.82 Å². The lowest BCUT2D eigenvalue weighted by atomic mass is 10.1. The maximum absolute atomic E-state index is 13.4. The molecule has 7 nitrogen and oxygen atoms in total. The van der Waals surface area contributed by atoms with Crippen LogP contribution in [0, 0.1) is 12.7 Å². The first-order chi connectivity index (χ1) is 13.8. The Morgan fingerprint density at radius 3 is 2.48 bits per heavy atom. The van der Waals surface area contributed by atoms with Crippen LogP contribution in [0.5, 0.6) is 5.75 Å². The normalized spacial score (nSPS) is 11.4. The highest BCUT2D eigenvalue weighted by molar-refractivity contribution is 7.89. The second-order valence-electron chi connectivity index (χ2n) is 6.32. The number of ether oxygens (including phenoxy) is 1. The molecule has 3 rings (SSSR count). The minimum absolute atomic E-state index is 0.0383. The van der Waals surface area contributed by atoms with Crippen molar-refractivity contribution in [1.82, 2.24) is 14.5 Å². The number of sulfonamides is 1. The van der Waals surface area contributed by atoms with E-state index < -0.39 is 15.8 Å². The van der Waals surface area contributed by atoms with Crippen molar-refractivity contribution in [3.63, 3.8) is 0 Å². The van der Waals surface area contributed by atoms with Crippen molar-refractivity contribution >= 4 is 10.0 Å². The van der Waals surface area contributed by atoms with Gasteiger partial charge in [0.2, 0.25) is 10.0 Å². The monoisotopic (exact) mass is 417 g/mol. The van der Waals surface area contributed by atoms with Gasteiger partial charge in [0.25, 0.3) is 5.56 Å². The largest absolute Gasteiger partial charge is 0.497 e. The summed E-state index contributed by atoms with van der Waals surface area (Å²) in [6.07, 6.45) is 0. The third kappa shape index (κ3) is 4.87. The summed E-state index contributed by atoms with van der Waals surface area (Å²) in [6, 6.07) is 13.7. The van der Waals surface area contributed by atoms with Gasteiger partial charge in [-0.05, 0) is 61.0 Å². The SMILES string of the molecule is COc1ccc(-c2ccc(=O)n(CCNS(=O)(=O)c3ccc(F)c(C)c3)n2)cc1. The zero-order valence-corrected chi connectivity index (χ0v) is 16.7. The van der Waals surface area contributed by atoms with Crippen LogP contribution in [-0.2, 0) is 16.6 Å². The Bertz CT molecular complexity index is 1180. The van der Waals surface area contributed by atoms with Gasteiger partial charge in [-0.2, -0.15) is 5.10 Å². The standard InChI is InChI=1S/C20H20FN3O4S/c1-14-13-17(7-8-18(14)21)29(26,27)22-11-12-24-20(25)10-9-19(23-24)15-3-5-16(28-2)6-4-15/h3-10,13,22H,11-12H2,1-2H3. The zero-order chi connectivity index (χ0) is 21.0. The first kappa shape index (κ1) is 20.7. The molecule has 1 heterocycles. The highest BCUT2D eigenvalue weighted by Crippen LogP contribution is 2.19. The highest BCUT2D eigenvalue weighted by Gasteiger charge is 2.15. The number of hydrogen-bond donors (Lipinski definition) is 1. The minimum atomic E-state index is -3.83. The van der Waals surface area contributed by atoms with Crippen LogP contribution in [0.2, 0.25) is 0 Å². The van der Waals surface area contributed by atoms with Gasteiger partial charge in [-0.25, -0.2) is 22.2 Å². The molecule has 0 amide bonds. The molecule has 0 atom stereocenters. The van der Waals surface area contributed by atoms with Gasteiger partial charge in [0.1, 0.15) is 11.6 Å². The van der Waals surface area contributed by atoms with Crippen molar-refractivity contribution in [2.75, 3.05) is 13.7 Å². The first-order valence-electron chi connectivity index (χ1n) is 8.78. The van der Waals surface area contributed by atoms with E-state index in [-0.39, 0.29) is 29.1 Å². The smallest absolute Gasteiger partial charge is 0.266 e. The number of halogens is 1. The molecule has 0 unspecified atom stereocenters. The van der Waals surface area contributed by atoms with Gasteiger partial charge >= 0.3 is 0 Å². The Balaban J connectivity index is 1.73. The molecule has 0 aliphatic heterocycles. The Labute approximate surface area is 167 Å². The van der Waals surface area contributed by atoms with Crippen molar-refractivity contribution < 1.29 is 17.5 Å². The predicted octanol–water partition coefficient (Wildman–Crippen LogP) is 2.34. The second-order valence-corrected chi connectivity index (χ2v) is 8.08. The average molecular weight is 417 g/mol.